The van der Waals surface area contributed by atoms with E-state index in [1.807, 2.05) is 0 Å². The highest BCUT2D eigenvalue weighted by Crippen LogP contribution is 2.29. The molecule has 0 bridgehead atoms. The number of hydrogen-bond acceptors (Lipinski definition) is 5. The van der Waals surface area contributed by atoms with Gasteiger partial charge in [-0.05, 0) is 70.8 Å². The molecule has 192 valence electrons. The number of likely N-dealkylation sites (tertiary alicyclic amines) is 1. The molecule has 35 heavy (non-hydrogen) atoms. The third-order valence-corrected chi connectivity index (χ3v) is 6.63. The Morgan fingerprint density at radius 2 is 1.69 bits per heavy atom. The summed E-state index contributed by atoms with van der Waals surface area (Å²) in [6, 6.07) is 7.08. The average molecular weight is 488 g/mol. The van der Waals surface area contributed by atoms with E-state index in [0.29, 0.717) is 37.9 Å². The first-order valence-corrected chi connectivity index (χ1v) is 12.4. The van der Waals surface area contributed by atoms with E-state index in [2.05, 4.69) is 10.6 Å². The zero-order valence-electron chi connectivity index (χ0n) is 20.8. The molecule has 9 nitrogen and oxygen atoms in total. The minimum Gasteiger partial charge on any atom is -0.479 e. The van der Waals surface area contributed by atoms with Crippen LogP contribution in [0.15, 0.2) is 30.3 Å². The molecule has 0 spiro atoms. The van der Waals surface area contributed by atoms with Gasteiger partial charge in [0.1, 0.15) is 11.6 Å². The Balaban J connectivity index is 1.44. The molecule has 2 aliphatic rings. The van der Waals surface area contributed by atoms with Gasteiger partial charge in [-0.2, -0.15) is 0 Å². The number of carboxylic acids is 1. The first-order chi connectivity index (χ1) is 16.5. The van der Waals surface area contributed by atoms with Crippen LogP contribution in [0.4, 0.5) is 4.79 Å². The topological polar surface area (TPSA) is 125 Å². The minimum atomic E-state index is -1.09. The molecule has 1 aliphatic carbocycles. The van der Waals surface area contributed by atoms with Crippen LogP contribution in [0.1, 0.15) is 70.9 Å². The van der Waals surface area contributed by atoms with Crippen LogP contribution < -0.4 is 10.6 Å². The van der Waals surface area contributed by atoms with Crippen LogP contribution in [0.3, 0.4) is 0 Å². The summed E-state index contributed by atoms with van der Waals surface area (Å²) in [6.07, 6.45) is 3.73. The minimum absolute atomic E-state index is 0.166. The van der Waals surface area contributed by atoms with E-state index in [0.717, 1.165) is 19.3 Å². The summed E-state index contributed by atoms with van der Waals surface area (Å²) in [6.45, 7) is 6.41. The predicted molar refractivity (Wildman–Crippen MR) is 129 cm³/mol. The summed E-state index contributed by atoms with van der Waals surface area (Å²) in [5.41, 5.74) is -0.0749. The lowest BCUT2D eigenvalue weighted by Gasteiger charge is -2.30. The lowest BCUT2D eigenvalue weighted by Crippen LogP contribution is -2.48. The quantitative estimate of drug-likeness (QED) is 0.542. The predicted octanol–water partition coefficient (Wildman–Crippen LogP) is 3.25. The van der Waals surface area contributed by atoms with Crippen LogP contribution in [-0.4, -0.2) is 58.6 Å². The number of benzene rings is 1. The Morgan fingerprint density at radius 3 is 2.29 bits per heavy atom. The molecule has 0 radical (unpaired) electrons. The summed E-state index contributed by atoms with van der Waals surface area (Å²) in [7, 11) is 0. The van der Waals surface area contributed by atoms with E-state index in [1.54, 1.807) is 51.1 Å². The number of carbonyl (C=O) groups is 4. The Labute approximate surface area is 206 Å². The maximum atomic E-state index is 12.8. The Bertz CT molecular complexity index is 905. The van der Waals surface area contributed by atoms with Crippen molar-refractivity contribution in [3.63, 3.8) is 0 Å². The number of amides is 3. The molecule has 2 unspecified atom stereocenters. The first-order valence-electron chi connectivity index (χ1n) is 12.4. The molecular formula is C26H37N3O6. The largest absolute Gasteiger partial charge is 0.479 e. The van der Waals surface area contributed by atoms with Crippen molar-refractivity contribution < 1.29 is 29.0 Å². The molecule has 3 amide bonds. The number of nitrogens with one attached hydrogen (secondary N) is 2. The number of rotatable bonds is 7. The molecular weight excluding hydrogens is 450 g/mol. The molecule has 1 aliphatic heterocycles. The van der Waals surface area contributed by atoms with Gasteiger partial charge in [-0.15, -0.1) is 0 Å². The van der Waals surface area contributed by atoms with Crippen molar-refractivity contribution in [3.05, 3.63) is 35.9 Å². The molecule has 3 rings (SSSR count). The number of aliphatic carboxylic acids is 1. The van der Waals surface area contributed by atoms with Gasteiger partial charge in [0.15, 0.2) is 6.04 Å². The number of carbonyl (C=O) groups excluding carboxylic acids is 3. The van der Waals surface area contributed by atoms with Crippen LogP contribution >= 0.6 is 0 Å². The van der Waals surface area contributed by atoms with Crippen molar-refractivity contribution in [2.45, 2.75) is 77.0 Å². The van der Waals surface area contributed by atoms with Gasteiger partial charge in [0.05, 0.1) is 0 Å². The van der Waals surface area contributed by atoms with Gasteiger partial charge in [-0.1, -0.05) is 30.3 Å². The molecule has 1 saturated heterocycles. The molecule has 2 atom stereocenters. The van der Waals surface area contributed by atoms with Gasteiger partial charge in [0, 0.05) is 19.0 Å². The van der Waals surface area contributed by atoms with E-state index in [4.69, 9.17) is 4.74 Å². The molecule has 9 heteroatoms. The normalized spacial score (nSPS) is 23.3. The van der Waals surface area contributed by atoms with Gasteiger partial charge in [-0.3, -0.25) is 14.5 Å². The Hall–Kier alpha value is -3.10. The second-order valence-electron chi connectivity index (χ2n) is 10.5. The molecule has 2 fully saturated rings. The summed E-state index contributed by atoms with van der Waals surface area (Å²) < 4.78 is 5.43. The maximum absolute atomic E-state index is 12.8. The average Bonchev–Trinajstić information content (AvgIpc) is 3.31. The van der Waals surface area contributed by atoms with Crippen molar-refractivity contribution in [3.8, 4) is 0 Å². The monoisotopic (exact) mass is 487 g/mol. The van der Waals surface area contributed by atoms with E-state index in [9.17, 15) is 24.3 Å². The number of ether oxygens (including phenoxy) is 1. The smallest absolute Gasteiger partial charge is 0.410 e. The fourth-order valence-electron chi connectivity index (χ4n) is 4.76. The van der Waals surface area contributed by atoms with Crippen molar-refractivity contribution in [2.24, 2.45) is 11.8 Å². The fourth-order valence-corrected chi connectivity index (χ4v) is 4.76. The summed E-state index contributed by atoms with van der Waals surface area (Å²) in [5.74, 6) is -1.51. The van der Waals surface area contributed by atoms with Crippen molar-refractivity contribution in [1.29, 1.82) is 0 Å². The second-order valence-corrected chi connectivity index (χ2v) is 10.5. The van der Waals surface area contributed by atoms with Crippen LogP contribution in [0.5, 0.6) is 0 Å². The van der Waals surface area contributed by atoms with E-state index in [-0.39, 0.29) is 23.7 Å². The third-order valence-electron chi connectivity index (χ3n) is 6.63. The standard InChI is InChI=1S/C26H37N3O6/c1-26(2,3)35-25(34)29-15-7-10-20(29)23(31)27-16-17-11-13-19(14-12-17)22(30)28-21(24(32)33)18-8-5-4-6-9-18/h4-6,8-9,17,19-21H,7,10-16H2,1-3H3,(H,27,31)(H,28,30)(H,32,33). The Morgan fingerprint density at radius 1 is 1.03 bits per heavy atom. The number of carboxylic acid groups (broad SMARTS) is 1. The van der Waals surface area contributed by atoms with Gasteiger partial charge in [0.2, 0.25) is 11.8 Å². The van der Waals surface area contributed by atoms with Gasteiger partial charge in [-0.25, -0.2) is 9.59 Å². The number of hydrogen-bond donors (Lipinski definition) is 3. The molecule has 3 N–H and O–H groups in total. The molecule has 1 heterocycles. The van der Waals surface area contributed by atoms with Crippen molar-refractivity contribution in [1.82, 2.24) is 15.5 Å². The highest BCUT2D eigenvalue weighted by Gasteiger charge is 2.37. The van der Waals surface area contributed by atoms with Crippen LogP contribution in [0.25, 0.3) is 0 Å². The summed E-state index contributed by atoms with van der Waals surface area (Å²) in [5, 5.41) is 15.2. The molecule has 0 aromatic heterocycles. The Kier molecular flexibility index (Phi) is 8.75. The van der Waals surface area contributed by atoms with Gasteiger partial charge in [0.25, 0.3) is 0 Å². The summed E-state index contributed by atoms with van der Waals surface area (Å²) >= 11 is 0. The van der Waals surface area contributed by atoms with Gasteiger partial charge >= 0.3 is 12.1 Å². The van der Waals surface area contributed by atoms with E-state index in [1.165, 1.54) is 4.90 Å². The van der Waals surface area contributed by atoms with Gasteiger partial charge < -0.3 is 20.5 Å². The maximum Gasteiger partial charge on any atom is 0.410 e. The second kappa shape index (κ2) is 11.6. The molecule has 1 aromatic rings. The lowest BCUT2D eigenvalue weighted by atomic mass is 9.81. The first kappa shape index (κ1) is 26.5. The summed E-state index contributed by atoms with van der Waals surface area (Å²) in [4.78, 5) is 51.1. The SMILES string of the molecule is CC(C)(C)OC(=O)N1CCCC1C(=O)NCC1CCC(C(=O)NC(C(=O)O)c2ccccc2)CC1. The van der Waals surface area contributed by atoms with E-state index < -0.39 is 29.7 Å². The molecule has 1 aromatic carbocycles. The highest BCUT2D eigenvalue weighted by atomic mass is 16.6. The van der Waals surface area contributed by atoms with Crippen LogP contribution in [-0.2, 0) is 19.1 Å². The number of nitrogens with zero attached hydrogens (tertiary/aromatic N) is 1. The van der Waals surface area contributed by atoms with Crippen LogP contribution in [0.2, 0.25) is 0 Å². The van der Waals surface area contributed by atoms with Crippen LogP contribution in [0, 0.1) is 11.8 Å². The third kappa shape index (κ3) is 7.44. The fraction of sp³-hybridized carbons (Fsp3) is 0.615. The highest BCUT2D eigenvalue weighted by molar-refractivity contribution is 5.87. The van der Waals surface area contributed by atoms with Crippen molar-refractivity contribution >= 4 is 23.9 Å². The molecule has 1 saturated carbocycles. The zero-order chi connectivity index (χ0) is 25.6. The van der Waals surface area contributed by atoms with E-state index >= 15 is 0 Å². The lowest BCUT2D eigenvalue weighted by molar-refractivity contribution is -0.143. The zero-order valence-corrected chi connectivity index (χ0v) is 20.8. The van der Waals surface area contributed by atoms with Crippen molar-refractivity contribution in [2.75, 3.05) is 13.1 Å².